The van der Waals surface area contributed by atoms with Crippen molar-refractivity contribution >= 4 is 23.2 Å². The first kappa shape index (κ1) is 18.5. The molecule has 6 heteroatoms. The van der Waals surface area contributed by atoms with Crippen LogP contribution in [-0.2, 0) is 9.59 Å². The molecule has 2 aromatic carbocycles. The van der Waals surface area contributed by atoms with Gasteiger partial charge in [0.25, 0.3) is 0 Å². The highest BCUT2D eigenvalue weighted by Gasteiger charge is 2.26. The van der Waals surface area contributed by atoms with E-state index < -0.39 is 11.8 Å². The highest BCUT2D eigenvalue weighted by atomic mass is 16.2. The molecule has 1 fully saturated rings. The molecule has 0 spiro atoms. The van der Waals surface area contributed by atoms with Crippen LogP contribution in [0.2, 0.25) is 0 Å². The number of nitrogens with zero attached hydrogens (tertiary/aromatic N) is 3. The summed E-state index contributed by atoms with van der Waals surface area (Å²) in [5.74, 6) is -1.18. The lowest BCUT2D eigenvalue weighted by atomic mass is 10.1. The lowest BCUT2D eigenvalue weighted by Gasteiger charge is -2.36. The molecule has 1 saturated heterocycles. The number of nitriles is 1. The van der Waals surface area contributed by atoms with Crippen LogP contribution in [0.5, 0.6) is 0 Å². The molecule has 138 valence electrons. The molecular weight excluding hydrogens is 340 g/mol. The molecule has 0 atom stereocenters. The first-order valence-electron chi connectivity index (χ1n) is 8.91. The molecule has 2 amide bonds. The van der Waals surface area contributed by atoms with Crippen LogP contribution in [0.25, 0.3) is 0 Å². The van der Waals surface area contributed by atoms with Gasteiger partial charge < -0.3 is 15.1 Å². The lowest BCUT2D eigenvalue weighted by molar-refractivity contribution is -0.143. The van der Waals surface area contributed by atoms with Crippen LogP contribution in [0, 0.1) is 25.2 Å². The van der Waals surface area contributed by atoms with Crippen molar-refractivity contribution in [1.29, 1.82) is 5.26 Å². The molecule has 1 heterocycles. The van der Waals surface area contributed by atoms with Crippen molar-refractivity contribution in [3.05, 3.63) is 59.2 Å². The number of nitrogens with one attached hydrogen (secondary N) is 1. The fraction of sp³-hybridized carbons (Fsp3) is 0.286. The van der Waals surface area contributed by atoms with Crippen LogP contribution in [0.1, 0.15) is 16.7 Å². The van der Waals surface area contributed by atoms with Gasteiger partial charge in [-0.05, 0) is 55.3 Å². The summed E-state index contributed by atoms with van der Waals surface area (Å²) >= 11 is 0. The van der Waals surface area contributed by atoms with E-state index in [9.17, 15) is 9.59 Å². The zero-order valence-corrected chi connectivity index (χ0v) is 15.5. The largest absolute Gasteiger partial charge is 0.368 e. The Labute approximate surface area is 159 Å². The van der Waals surface area contributed by atoms with E-state index in [-0.39, 0.29) is 0 Å². The third-order valence-electron chi connectivity index (χ3n) is 4.95. The van der Waals surface area contributed by atoms with Crippen LogP contribution >= 0.6 is 0 Å². The van der Waals surface area contributed by atoms with Gasteiger partial charge >= 0.3 is 11.8 Å². The molecule has 1 N–H and O–H groups in total. The van der Waals surface area contributed by atoms with Gasteiger partial charge in [0, 0.05) is 37.6 Å². The van der Waals surface area contributed by atoms with E-state index in [2.05, 4.69) is 36.2 Å². The molecule has 0 aliphatic carbocycles. The number of carbonyl (C=O) groups is 2. The Kier molecular flexibility index (Phi) is 5.41. The molecular formula is C21H22N4O2. The first-order valence-corrected chi connectivity index (χ1v) is 8.91. The summed E-state index contributed by atoms with van der Waals surface area (Å²) in [6.07, 6.45) is 0. The number of aryl methyl sites for hydroxylation is 1. The smallest absolute Gasteiger partial charge is 0.313 e. The van der Waals surface area contributed by atoms with Crippen LogP contribution in [0.4, 0.5) is 11.4 Å². The van der Waals surface area contributed by atoms with Gasteiger partial charge in [-0.25, -0.2) is 0 Å². The summed E-state index contributed by atoms with van der Waals surface area (Å²) in [6.45, 7) is 6.60. The monoisotopic (exact) mass is 362 g/mol. The second kappa shape index (κ2) is 7.92. The Morgan fingerprint density at radius 2 is 1.67 bits per heavy atom. The molecule has 0 bridgehead atoms. The predicted molar refractivity (Wildman–Crippen MR) is 104 cm³/mol. The molecule has 1 aliphatic rings. The van der Waals surface area contributed by atoms with Crippen LogP contribution in [0.15, 0.2) is 42.5 Å². The summed E-state index contributed by atoms with van der Waals surface area (Å²) in [7, 11) is 0. The van der Waals surface area contributed by atoms with Gasteiger partial charge in [0.05, 0.1) is 11.6 Å². The van der Waals surface area contributed by atoms with Gasteiger partial charge in [0.2, 0.25) is 0 Å². The molecule has 2 aromatic rings. The molecule has 3 rings (SSSR count). The van der Waals surface area contributed by atoms with Crippen LogP contribution in [-0.4, -0.2) is 42.9 Å². The summed E-state index contributed by atoms with van der Waals surface area (Å²) < 4.78 is 0. The van der Waals surface area contributed by atoms with Crippen molar-refractivity contribution in [1.82, 2.24) is 4.90 Å². The minimum absolute atomic E-state index is 0.501. The normalized spacial score (nSPS) is 13.8. The van der Waals surface area contributed by atoms with Gasteiger partial charge in [-0.1, -0.05) is 12.1 Å². The number of benzene rings is 2. The van der Waals surface area contributed by atoms with Gasteiger partial charge in [-0.2, -0.15) is 5.26 Å². The molecule has 6 nitrogen and oxygen atoms in total. The van der Waals surface area contributed by atoms with Crippen molar-refractivity contribution in [2.75, 3.05) is 36.4 Å². The number of piperazine rings is 1. The number of hydrogen-bond acceptors (Lipinski definition) is 4. The Bertz CT molecular complexity index is 891. The molecule has 0 aromatic heterocycles. The number of rotatable bonds is 2. The Morgan fingerprint density at radius 1 is 1.00 bits per heavy atom. The fourth-order valence-corrected chi connectivity index (χ4v) is 3.18. The van der Waals surface area contributed by atoms with E-state index in [4.69, 9.17) is 5.26 Å². The minimum atomic E-state index is -0.653. The highest BCUT2D eigenvalue weighted by Crippen LogP contribution is 2.24. The van der Waals surface area contributed by atoms with Crippen LogP contribution in [0.3, 0.4) is 0 Å². The van der Waals surface area contributed by atoms with Crippen molar-refractivity contribution in [2.45, 2.75) is 13.8 Å². The van der Waals surface area contributed by atoms with Gasteiger partial charge in [0.1, 0.15) is 0 Å². The number of carbonyl (C=O) groups excluding carboxylic acids is 2. The number of hydrogen-bond donors (Lipinski definition) is 1. The molecule has 0 radical (unpaired) electrons. The second-order valence-electron chi connectivity index (χ2n) is 6.64. The van der Waals surface area contributed by atoms with E-state index in [1.54, 1.807) is 29.2 Å². The SMILES string of the molecule is Cc1cccc(N2CCN(C(=O)C(=O)Nc3ccc(C#N)cc3)CC2)c1C. The maximum Gasteiger partial charge on any atom is 0.313 e. The Morgan fingerprint density at radius 3 is 2.30 bits per heavy atom. The Hall–Kier alpha value is -3.33. The molecule has 0 unspecified atom stereocenters. The summed E-state index contributed by atoms with van der Waals surface area (Å²) in [6, 6.07) is 14.7. The van der Waals surface area contributed by atoms with Crippen molar-refractivity contribution < 1.29 is 9.59 Å². The molecule has 27 heavy (non-hydrogen) atoms. The topological polar surface area (TPSA) is 76.4 Å². The third-order valence-corrected chi connectivity index (χ3v) is 4.95. The van der Waals surface area contributed by atoms with Crippen molar-refractivity contribution in [3.8, 4) is 6.07 Å². The summed E-state index contributed by atoms with van der Waals surface area (Å²) in [5, 5.41) is 11.4. The van der Waals surface area contributed by atoms with Crippen molar-refractivity contribution in [3.63, 3.8) is 0 Å². The van der Waals surface area contributed by atoms with Crippen LogP contribution < -0.4 is 10.2 Å². The zero-order chi connectivity index (χ0) is 19.4. The minimum Gasteiger partial charge on any atom is -0.368 e. The maximum absolute atomic E-state index is 12.4. The van der Waals surface area contributed by atoms with E-state index in [0.29, 0.717) is 37.4 Å². The maximum atomic E-state index is 12.4. The lowest BCUT2D eigenvalue weighted by Crippen LogP contribution is -2.51. The quantitative estimate of drug-likeness (QED) is 0.833. The average molecular weight is 362 g/mol. The zero-order valence-electron chi connectivity index (χ0n) is 15.5. The summed E-state index contributed by atoms with van der Waals surface area (Å²) in [5.41, 5.74) is 4.68. The van der Waals surface area contributed by atoms with Crippen molar-refractivity contribution in [2.24, 2.45) is 0 Å². The average Bonchev–Trinajstić information content (AvgIpc) is 2.70. The second-order valence-corrected chi connectivity index (χ2v) is 6.64. The summed E-state index contributed by atoms with van der Waals surface area (Å²) in [4.78, 5) is 28.5. The van der Waals surface area contributed by atoms with Gasteiger partial charge in [-0.15, -0.1) is 0 Å². The van der Waals surface area contributed by atoms with E-state index in [0.717, 1.165) is 0 Å². The fourth-order valence-electron chi connectivity index (χ4n) is 3.18. The molecule has 1 aliphatic heterocycles. The first-order chi connectivity index (χ1) is 13.0. The predicted octanol–water partition coefficient (Wildman–Crippen LogP) is 2.46. The van der Waals surface area contributed by atoms with E-state index in [1.807, 2.05) is 12.1 Å². The number of amides is 2. The Balaban J connectivity index is 1.58. The van der Waals surface area contributed by atoms with E-state index in [1.165, 1.54) is 16.8 Å². The van der Waals surface area contributed by atoms with Gasteiger partial charge in [-0.3, -0.25) is 9.59 Å². The number of anilines is 2. The highest BCUT2D eigenvalue weighted by molar-refractivity contribution is 6.39. The molecule has 0 saturated carbocycles. The standard InChI is InChI=1S/C21H22N4O2/c1-15-4-3-5-19(16(15)2)24-10-12-25(13-11-24)21(27)20(26)23-18-8-6-17(14-22)7-9-18/h3-9H,10-13H2,1-2H3,(H,23,26). The third kappa shape index (κ3) is 4.09. The van der Waals surface area contributed by atoms with Gasteiger partial charge in [0.15, 0.2) is 0 Å². The van der Waals surface area contributed by atoms with E-state index >= 15 is 0 Å².